The largest absolute Gasteiger partial charge is 0.471 e. The first kappa shape index (κ1) is 21.1. The first-order valence-corrected chi connectivity index (χ1v) is 10.3. The highest BCUT2D eigenvalue weighted by atomic mass is 79.9. The summed E-state index contributed by atoms with van der Waals surface area (Å²) in [7, 11) is 0. The van der Waals surface area contributed by atoms with Crippen molar-refractivity contribution in [3.05, 3.63) is 93.6 Å². The molecule has 2 aromatic heterocycles. The van der Waals surface area contributed by atoms with Crippen LogP contribution in [0, 0.1) is 5.82 Å². The maximum atomic E-state index is 13.0. The van der Waals surface area contributed by atoms with Gasteiger partial charge in [-0.1, -0.05) is 39.7 Å². The number of carbonyl (C=O) groups excluding carboxylic acids is 1. The fourth-order valence-electron chi connectivity index (χ4n) is 2.74. The third-order valence-corrected chi connectivity index (χ3v) is 5.06. The molecule has 0 fully saturated rings. The summed E-state index contributed by atoms with van der Waals surface area (Å²) in [5.74, 6) is 0.144. The molecule has 0 spiro atoms. The van der Waals surface area contributed by atoms with Crippen molar-refractivity contribution in [3.8, 4) is 5.75 Å². The number of nitrogens with one attached hydrogen (secondary N) is 1. The van der Waals surface area contributed by atoms with E-state index in [0.717, 1.165) is 10.0 Å². The van der Waals surface area contributed by atoms with Crippen LogP contribution in [-0.4, -0.2) is 25.5 Å². The average molecular weight is 505 g/mol. The fourth-order valence-corrected chi connectivity index (χ4v) is 3.20. The minimum Gasteiger partial charge on any atom is -0.471 e. The molecule has 0 aliphatic carbocycles. The van der Waals surface area contributed by atoms with Gasteiger partial charge in [0.2, 0.25) is 0 Å². The van der Waals surface area contributed by atoms with Crippen molar-refractivity contribution >= 4 is 39.3 Å². The number of rotatable bonds is 7. The average Bonchev–Trinajstić information content (AvgIpc) is 3.36. The minimum absolute atomic E-state index is 0.155. The summed E-state index contributed by atoms with van der Waals surface area (Å²) >= 11 is 9.56. The van der Waals surface area contributed by atoms with Crippen molar-refractivity contribution < 1.29 is 13.9 Å². The van der Waals surface area contributed by atoms with Crippen molar-refractivity contribution in [2.75, 3.05) is 5.32 Å². The van der Waals surface area contributed by atoms with Crippen LogP contribution in [0.1, 0.15) is 16.1 Å². The standard InChI is InChI=1S/C21H16BrClFN5O2/c22-15-3-7-17(8-4-15)31-13-28-10-9-19(26-28)21(30)25-20-18(23)12-29(27-20)11-14-1-5-16(24)6-2-14/h1-10,12H,11,13H2,(H,25,27,30). The summed E-state index contributed by atoms with van der Waals surface area (Å²) in [5, 5.41) is 11.4. The SMILES string of the molecule is O=C(Nc1nn(Cc2ccc(F)cc2)cc1Cl)c1ccn(COc2ccc(Br)cc2)n1. The van der Waals surface area contributed by atoms with E-state index in [1.807, 2.05) is 24.3 Å². The quantitative estimate of drug-likeness (QED) is 0.386. The number of aromatic nitrogens is 4. The van der Waals surface area contributed by atoms with Gasteiger partial charge in [0, 0.05) is 16.9 Å². The molecule has 158 valence electrons. The Labute approximate surface area is 190 Å². The zero-order valence-corrected chi connectivity index (χ0v) is 18.3. The van der Waals surface area contributed by atoms with Crippen LogP contribution in [0.2, 0.25) is 5.02 Å². The van der Waals surface area contributed by atoms with Gasteiger partial charge in [-0.05, 0) is 48.0 Å². The van der Waals surface area contributed by atoms with Crippen molar-refractivity contribution in [1.29, 1.82) is 0 Å². The van der Waals surface area contributed by atoms with Crippen molar-refractivity contribution in [2.24, 2.45) is 0 Å². The number of hydrogen-bond acceptors (Lipinski definition) is 4. The van der Waals surface area contributed by atoms with E-state index in [1.165, 1.54) is 16.8 Å². The lowest BCUT2D eigenvalue weighted by Gasteiger charge is -2.06. The summed E-state index contributed by atoms with van der Waals surface area (Å²) in [5.41, 5.74) is 1.05. The highest BCUT2D eigenvalue weighted by Crippen LogP contribution is 2.21. The van der Waals surface area contributed by atoms with Gasteiger partial charge in [0.05, 0.1) is 6.54 Å². The second-order valence-electron chi connectivity index (χ2n) is 6.57. The molecule has 0 saturated carbocycles. The normalized spacial score (nSPS) is 10.8. The highest BCUT2D eigenvalue weighted by molar-refractivity contribution is 9.10. The van der Waals surface area contributed by atoms with Gasteiger partial charge < -0.3 is 10.1 Å². The molecule has 0 aliphatic heterocycles. The Bertz CT molecular complexity index is 1190. The molecule has 4 rings (SSSR count). The summed E-state index contributed by atoms with van der Waals surface area (Å²) < 4.78 is 22.7. The van der Waals surface area contributed by atoms with Crippen LogP contribution in [0.5, 0.6) is 5.75 Å². The van der Waals surface area contributed by atoms with Crippen LogP contribution < -0.4 is 10.1 Å². The molecule has 1 amide bonds. The second-order valence-corrected chi connectivity index (χ2v) is 7.89. The number of anilines is 1. The lowest BCUT2D eigenvalue weighted by molar-refractivity contribution is 0.101. The summed E-state index contributed by atoms with van der Waals surface area (Å²) in [6, 6.07) is 15.0. The van der Waals surface area contributed by atoms with Crippen LogP contribution in [0.3, 0.4) is 0 Å². The topological polar surface area (TPSA) is 74.0 Å². The molecule has 0 atom stereocenters. The Morgan fingerprint density at radius 2 is 1.81 bits per heavy atom. The van der Waals surface area contributed by atoms with E-state index in [0.29, 0.717) is 12.3 Å². The van der Waals surface area contributed by atoms with E-state index in [9.17, 15) is 9.18 Å². The van der Waals surface area contributed by atoms with Gasteiger partial charge >= 0.3 is 0 Å². The molecule has 7 nitrogen and oxygen atoms in total. The molecule has 4 aromatic rings. The van der Waals surface area contributed by atoms with Gasteiger partial charge in [0.1, 0.15) is 16.6 Å². The first-order valence-electron chi connectivity index (χ1n) is 9.17. The zero-order valence-electron chi connectivity index (χ0n) is 16.0. The maximum Gasteiger partial charge on any atom is 0.277 e. The zero-order chi connectivity index (χ0) is 21.8. The molecule has 1 N–H and O–H groups in total. The monoisotopic (exact) mass is 503 g/mol. The predicted octanol–water partition coefficient (Wildman–Crippen LogP) is 4.97. The molecule has 0 unspecified atom stereocenters. The number of nitrogens with zero attached hydrogens (tertiary/aromatic N) is 4. The molecule has 0 bridgehead atoms. The Morgan fingerprint density at radius 1 is 1.06 bits per heavy atom. The molecule has 10 heteroatoms. The number of ether oxygens (including phenoxy) is 1. The summed E-state index contributed by atoms with van der Waals surface area (Å²) in [4.78, 5) is 12.5. The van der Waals surface area contributed by atoms with E-state index >= 15 is 0 Å². The van der Waals surface area contributed by atoms with E-state index in [2.05, 4.69) is 31.4 Å². The summed E-state index contributed by atoms with van der Waals surface area (Å²) in [6.45, 7) is 0.542. The third-order valence-electron chi connectivity index (χ3n) is 4.26. The Morgan fingerprint density at radius 3 is 2.55 bits per heavy atom. The molecule has 0 aliphatic rings. The minimum atomic E-state index is -0.448. The fraction of sp³-hybridized carbons (Fsp3) is 0.0952. The maximum absolute atomic E-state index is 13.0. The first-order chi connectivity index (χ1) is 15.0. The number of benzene rings is 2. The lowest BCUT2D eigenvalue weighted by Crippen LogP contribution is -2.15. The van der Waals surface area contributed by atoms with Gasteiger partial charge in [-0.3, -0.25) is 9.48 Å². The molecule has 0 saturated heterocycles. The van der Waals surface area contributed by atoms with Crippen LogP contribution in [-0.2, 0) is 13.3 Å². The Kier molecular flexibility index (Phi) is 6.34. The molecular weight excluding hydrogens is 489 g/mol. The number of carbonyl (C=O) groups is 1. The Balaban J connectivity index is 1.36. The number of hydrogen-bond donors (Lipinski definition) is 1. The summed E-state index contributed by atoms with van der Waals surface area (Å²) in [6.07, 6.45) is 3.23. The van der Waals surface area contributed by atoms with E-state index in [-0.39, 0.29) is 29.1 Å². The number of amides is 1. The van der Waals surface area contributed by atoms with E-state index in [4.69, 9.17) is 16.3 Å². The van der Waals surface area contributed by atoms with Gasteiger partial charge in [-0.25, -0.2) is 9.07 Å². The van der Waals surface area contributed by atoms with Crippen molar-refractivity contribution in [3.63, 3.8) is 0 Å². The van der Waals surface area contributed by atoms with Crippen LogP contribution in [0.25, 0.3) is 0 Å². The van der Waals surface area contributed by atoms with Gasteiger partial charge in [0.15, 0.2) is 18.2 Å². The van der Waals surface area contributed by atoms with Crippen molar-refractivity contribution in [2.45, 2.75) is 13.3 Å². The van der Waals surface area contributed by atoms with Crippen LogP contribution in [0.4, 0.5) is 10.2 Å². The molecular formula is C21H16BrClFN5O2. The highest BCUT2D eigenvalue weighted by Gasteiger charge is 2.15. The Hall–Kier alpha value is -3.17. The lowest BCUT2D eigenvalue weighted by atomic mass is 10.2. The molecule has 2 heterocycles. The van der Waals surface area contributed by atoms with Crippen LogP contribution >= 0.6 is 27.5 Å². The smallest absolute Gasteiger partial charge is 0.277 e. The molecule has 2 aromatic carbocycles. The van der Waals surface area contributed by atoms with Gasteiger partial charge in [-0.15, -0.1) is 0 Å². The number of halogens is 3. The van der Waals surface area contributed by atoms with Gasteiger partial charge in [0.25, 0.3) is 5.91 Å². The van der Waals surface area contributed by atoms with Crippen molar-refractivity contribution in [1.82, 2.24) is 19.6 Å². The van der Waals surface area contributed by atoms with E-state index in [1.54, 1.807) is 35.3 Å². The molecule has 31 heavy (non-hydrogen) atoms. The van der Waals surface area contributed by atoms with Gasteiger partial charge in [-0.2, -0.15) is 10.2 Å². The second kappa shape index (κ2) is 9.32. The third kappa shape index (κ3) is 5.50. The van der Waals surface area contributed by atoms with E-state index < -0.39 is 5.91 Å². The van der Waals surface area contributed by atoms with Crippen LogP contribution in [0.15, 0.2) is 71.5 Å². The predicted molar refractivity (Wildman–Crippen MR) is 118 cm³/mol. The molecule has 0 radical (unpaired) electrons.